The van der Waals surface area contributed by atoms with Crippen molar-refractivity contribution >= 4 is 154 Å². The van der Waals surface area contributed by atoms with Crippen LogP contribution in [0.4, 0.5) is 0 Å². The zero-order valence-electron chi connectivity index (χ0n) is 79.6. The van der Waals surface area contributed by atoms with E-state index in [1.807, 2.05) is 6.20 Å². The molecule has 25 rings (SSSR count). The Balaban J connectivity index is 0.000000104. The minimum absolute atomic E-state index is 0.422. The molecular formula is C121H112N12+4. The quantitative estimate of drug-likeness (QED) is 0.118. The zero-order valence-corrected chi connectivity index (χ0v) is 79.6. The van der Waals surface area contributed by atoms with E-state index in [1.54, 1.807) is 0 Å². The summed E-state index contributed by atoms with van der Waals surface area (Å²) in [5, 5.41) is 9.96. The molecule has 0 unspecified atom stereocenters. The number of nitrogens with zero attached hydrogens (tertiary/aromatic N) is 12. The summed E-state index contributed by atoms with van der Waals surface area (Å²) in [6, 6.07) is 101. The number of para-hydroxylation sites is 8. The van der Waals surface area contributed by atoms with Gasteiger partial charge < -0.3 is 0 Å². The van der Waals surface area contributed by atoms with Gasteiger partial charge in [0.25, 0.3) is 22.6 Å². The van der Waals surface area contributed by atoms with Gasteiger partial charge >= 0.3 is 0 Å². The second-order valence-electron chi connectivity index (χ2n) is 38.2. The van der Waals surface area contributed by atoms with Crippen LogP contribution in [0.5, 0.6) is 0 Å². The third-order valence-corrected chi connectivity index (χ3v) is 29.3. The molecule has 0 amide bonds. The summed E-state index contributed by atoms with van der Waals surface area (Å²) in [6.07, 6.45) is 7.25. The highest BCUT2D eigenvalue weighted by Gasteiger charge is 2.34. The second kappa shape index (κ2) is 32.6. The predicted molar refractivity (Wildman–Crippen MR) is 554 cm³/mol. The van der Waals surface area contributed by atoms with E-state index in [2.05, 4.69) is 440 Å². The molecule has 0 spiro atoms. The molecule has 652 valence electrons. The van der Waals surface area contributed by atoms with Crippen molar-refractivity contribution in [1.29, 1.82) is 0 Å². The molecule has 12 heteroatoms. The van der Waals surface area contributed by atoms with Crippen molar-refractivity contribution in [1.82, 2.24) is 37.5 Å². The number of rotatable bonds is 7. The van der Waals surface area contributed by atoms with Gasteiger partial charge in [-0.15, -0.1) is 0 Å². The largest absolute Gasteiger partial charge is 0.297 e. The molecule has 24 aromatic rings. The second-order valence-corrected chi connectivity index (χ2v) is 38.2. The van der Waals surface area contributed by atoms with Crippen LogP contribution in [0.2, 0.25) is 0 Å². The molecule has 0 saturated heterocycles. The summed E-state index contributed by atoms with van der Waals surface area (Å²) in [5.41, 5.74) is 50.0. The number of hydrogen-bond acceptors (Lipinski definition) is 4. The summed E-state index contributed by atoms with van der Waals surface area (Å²) in [4.78, 5) is 21.3. The van der Waals surface area contributed by atoms with Crippen LogP contribution in [0.3, 0.4) is 0 Å². The van der Waals surface area contributed by atoms with E-state index in [4.69, 9.17) is 19.9 Å². The van der Waals surface area contributed by atoms with Crippen LogP contribution in [0.15, 0.2) is 285 Å². The van der Waals surface area contributed by atoms with Gasteiger partial charge in [-0.25, -0.2) is 33.2 Å². The van der Waals surface area contributed by atoms with Crippen LogP contribution in [-0.2, 0) is 28.2 Å². The summed E-state index contributed by atoms with van der Waals surface area (Å²) in [5.74, 6) is 1.50. The van der Waals surface area contributed by atoms with Crippen LogP contribution >= 0.6 is 0 Å². The molecular weight excluding hydrogens is 1620 g/mol. The van der Waals surface area contributed by atoms with Crippen molar-refractivity contribution in [2.75, 3.05) is 0 Å². The Bertz CT molecular complexity index is 8970. The number of hydrogen-bond donors (Lipinski definition) is 0. The molecule has 133 heavy (non-hydrogen) atoms. The fraction of sp³-hybridized carbons (Fsp3) is 0.207. The van der Waals surface area contributed by atoms with E-state index in [9.17, 15) is 0 Å². The summed E-state index contributed by atoms with van der Waals surface area (Å²) in [7, 11) is 8.69. The SMILES string of the molecule is Cc1cccc(-c2ccccc2)c1-c1cc(C)c2c(n1)c1c(C)cccc1n1c3ccccc3[n+](C)c21.Cc1cccc(C)c1-c1cc(C)c2c(n1)c1c(C)cccc1n1c3ccccc3[n+](C)c21.Cc1cccc2c1c1nc(-c3c(C(C)C)cccc3C(C)C)cc(C)c1c1n2c2ccccc2[n+]1C.Cc1ccnc2c3c(C4CCCC4)cccc3n3c4ccccc4[n+](C)c3c12. The first-order valence-electron chi connectivity index (χ1n) is 47.4. The number of imidazole rings is 4. The molecule has 0 bridgehead atoms. The van der Waals surface area contributed by atoms with Crippen LogP contribution in [0.25, 0.3) is 199 Å². The Morgan fingerprint density at radius 2 is 0.579 bits per heavy atom. The van der Waals surface area contributed by atoms with E-state index in [-0.39, 0.29) is 0 Å². The van der Waals surface area contributed by atoms with Crippen molar-refractivity contribution in [3.63, 3.8) is 0 Å². The lowest BCUT2D eigenvalue weighted by Gasteiger charge is -2.20. The van der Waals surface area contributed by atoms with Gasteiger partial charge in [0.2, 0.25) is 0 Å². The third kappa shape index (κ3) is 13.1. The molecule has 12 aromatic carbocycles. The Labute approximate surface area is 775 Å². The monoisotopic (exact) mass is 1730 g/mol. The van der Waals surface area contributed by atoms with Crippen molar-refractivity contribution < 1.29 is 18.3 Å². The van der Waals surface area contributed by atoms with Gasteiger partial charge in [0.15, 0.2) is 44.1 Å². The fourth-order valence-electron chi connectivity index (χ4n) is 23.1. The lowest BCUT2D eigenvalue weighted by molar-refractivity contribution is -0.617. The minimum atomic E-state index is 0.422. The lowest BCUT2D eigenvalue weighted by atomic mass is 9.86. The van der Waals surface area contributed by atoms with Gasteiger partial charge in [0.1, 0.15) is 22.1 Å². The summed E-state index contributed by atoms with van der Waals surface area (Å²) < 4.78 is 19.0. The fourth-order valence-corrected chi connectivity index (χ4v) is 23.1. The predicted octanol–water partition coefficient (Wildman–Crippen LogP) is 28.1. The number of benzene rings is 12. The van der Waals surface area contributed by atoms with Gasteiger partial charge in [-0.3, -0.25) is 4.98 Å². The molecule has 1 saturated carbocycles. The third-order valence-electron chi connectivity index (χ3n) is 29.3. The molecule has 0 atom stereocenters. The van der Waals surface area contributed by atoms with Crippen molar-refractivity contribution in [2.24, 2.45) is 28.2 Å². The first kappa shape index (κ1) is 83.7. The Kier molecular flexibility index (Phi) is 20.5. The Morgan fingerprint density at radius 3 is 0.985 bits per heavy atom. The van der Waals surface area contributed by atoms with Crippen LogP contribution in [0, 0.1) is 69.2 Å². The molecule has 1 aliphatic rings. The maximum absolute atomic E-state index is 5.52. The lowest BCUT2D eigenvalue weighted by Crippen LogP contribution is -2.27. The highest BCUT2D eigenvalue weighted by atomic mass is 15.1. The standard InChI is InChI=1S/C34H28N3.C33H34N3.C29H26N3.C25H24N3/c1-21-12-10-16-25(24-14-6-5-7-15-24)30(21)26-20-23(3)32-33(35-26)31-22(2)13-11-19-29(31)37-28-18-9-8-17-27(28)36(4)34(32)37;1-19(2)23-13-11-14-24(20(3)4)31(23)25-18-22(6)30-32(34-25)29-21(5)12-10-17-28(29)36-27-16-9-8-15-26(27)35(7)33(30)36;1-17-10-8-11-18(2)25(17)21-16-20(4)27-28(30-21)26-19(3)12-9-15-24(26)32-23-14-7-6-13-22(23)31(5)29(27)32;1-16-14-15-26-24-22(16)25-27(2)19-11-5-6-12-20(19)28(25)21-13-7-10-18(23(21)24)17-8-3-4-9-17/h5-20H,1-4H3;8-20H,1-7H3;6-16H,1-5H3;5-7,10-15,17H,3-4,8-9H2,1-2H3/q4*+1. The number of pyridine rings is 8. The molecule has 0 radical (unpaired) electrons. The van der Waals surface area contributed by atoms with Crippen LogP contribution in [-0.4, -0.2) is 37.5 Å². The molecule has 12 heterocycles. The van der Waals surface area contributed by atoms with Crippen LogP contribution < -0.4 is 18.3 Å². The number of aromatic nitrogens is 12. The van der Waals surface area contributed by atoms with E-state index in [0.29, 0.717) is 17.8 Å². The molecule has 1 fully saturated rings. The zero-order chi connectivity index (χ0) is 91.5. The maximum Gasteiger partial charge on any atom is 0.297 e. The highest BCUT2D eigenvalue weighted by molar-refractivity contribution is 6.18. The maximum atomic E-state index is 5.52. The van der Waals surface area contributed by atoms with Crippen molar-refractivity contribution in [3.05, 3.63) is 358 Å². The number of fused-ring (bicyclic) bond motifs is 32. The van der Waals surface area contributed by atoms with Gasteiger partial charge in [-0.1, -0.05) is 223 Å². The van der Waals surface area contributed by atoms with E-state index in [1.165, 1.54) is 258 Å². The van der Waals surface area contributed by atoms with Gasteiger partial charge in [0, 0.05) is 22.9 Å². The topological polar surface area (TPSA) is 84.7 Å². The van der Waals surface area contributed by atoms with Gasteiger partial charge in [0.05, 0.1) is 110 Å². The normalized spacial score (nSPS) is 12.7. The molecule has 12 aromatic heterocycles. The van der Waals surface area contributed by atoms with Crippen molar-refractivity contribution in [2.45, 2.75) is 140 Å². The van der Waals surface area contributed by atoms with E-state index >= 15 is 0 Å². The molecule has 0 aliphatic heterocycles. The first-order chi connectivity index (χ1) is 64.6. The Morgan fingerprint density at radius 1 is 0.271 bits per heavy atom. The average Bonchev–Trinajstić information content (AvgIpc) is 1.60. The smallest absolute Gasteiger partial charge is 0.255 e. The minimum Gasteiger partial charge on any atom is -0.255 e. The highest BCUT2D eigenvalue weighted by Crippen LogP contribution is 2.47. The van der Waals surface area contributed by atoms with Crippen molar-refractivity contribution in [3.8, 4) is 44.9 Å². The van der Waals surface area contributed by atoms with Gasteiger partial charge in [-0.05, 0) is 280 Å². The molecule has 0 N–H and O–H groups in total. The summed E-state index contributed by atoms with van der Waals surface area (Å²) >= 11 is 0. The average molecular weight is 1730 g/mol. The van der Waals surface area contributed by atoms with E-state index < -0.39 is 0 Å². The van der Waals surface area contributed by atoms with E-state index in [0.717, 1.165) is 39.1 Å². The first-order valence-corrected chi connectivity index (χ1v) is 47.4. The van der Waals surface area contributed by atoms with Crippen LogP contribution in [0.1, 0.15) is 143 Å². The molecule has 12 nitrogen and oxygen atoms in total. The molecule has 1 aliphatic carbocycles. The Hall–Kier alpha value is -14.9. The summed E-state index contributed by atoms with van der Waals surface area (Å²) in [6.45, 7) is 31.2. The van der Waals surface area contributed by atoms with Gasteiger partial charge in [-0.2, -0.15) is 17.6 Å². The number of aryl methyl sites for hydroxylation is 14.